The van der Waals surface area contributed by atoms with Crippen LogP contribution < -0.4 is 4.90 Å². The molecule has 0 aliphatic carbocycles. The van der Waals surface area contributed by atoms with Crippen molar-refractivity contribution in [1.29, 1.82) is 0 Å². The lowest BCUT2D eigenvalue weighted by molar-refractivity contribution is 0.669. The molecule has 258 valence electrons. The van der Waals surface area contributed by atoms with E-state index in [9.17, 15) is 0 Å². The molecule has 2 aromatic heterocycles. The van der Waals surface area contributed by atoms with Gasteiger partial charge in [-0.25, -0.2) is 0 Å². The van der Waals surface area contributed by atoms with Gasteiger partial charge in [0.1, 0.15) is 22.3 Å². The molecule has 0 fully saturated rings. The quantitative estimate of drug-likeness (QED) is 0.173. The zero-order valence-electron chi connectivity index (χ0n) is 29.8. The van der Waals surface area contributed by atoms with Crippen LogP contribution in [0.1, 0.15) is 0 Å². The van der Waals surface area contributed by atoms with E-state index in [1.165, 1.54) is 5.56 Å². The van der Waals surface area contributed by atoms with E-state index >= 15 is 0 Å². The molecule has 9 aromatic carbocycles. The van der Waals surface area contributed by atoms with E-state index in [4.69, 9.17) is 8.83 Å². The van der Waals surface area contributed by atoms with Gasteiger partial charge in [-0.05, 0) is 76.2 Å². The van der Waals surface area contributed by atoms with E-state index in [0.29, 0.717) is 0 Å². The fourth-order valence-corrected chi connectivity index (χ4v) is 8.40. The van der Waals surface area contributed by atoms with E-state index in [1.54, 1.807) is 0 Å². The molecule has 11 rings (SSSR count). The zero-order valence-corrected chi connectivity index (χ0v) is 29.8. The second-order valence-corrected chi connectivity index (χ2v) is 14.0. The number of furan rings is 2. The van der Waals surface area contributed by atoms with Crippen LogP contribution in [0.15, 0.2) is 209 Å². The molecule has 0 radical (unpaired) electrons. The van der Waals surface area contributed by atoms with Crippen LogP contribution in [-0.4, -0.2) is 0 Å². The SMILES string of the molecule is c1ccc(-c2ccc(N(c3ccccc3-c3cccc4oc5ccccc5c34)c3cccc4oc5c6ccccc6ccc5c34)c(-c3ccccc3)c2)cc1. The van der Waals surface area contributed by atoms with Gasteiger partial charge in [-0.15, -0.1) is 0 Å². The van der Waals surface area contributed by atoms with Gasteiger partial charge in [0.2, 0.25) is 0 Å². The van der Waals surface area contributed by atoms with E-state index in [2.05, 4.69) is 193 Å². The highest BCUT2D eigenvalue weighted by molar-refractivity contribution is 6.21. The number of anilines is 3. The molecule has 0 saturated heterocycles. The third-order valence-electron chi connectivity index (χ3n) is 10.9. The summed E-state index contributed by atoms with van der Waals surface area (Å²) in [5.41, 5.74) is 13.4. The van der Waals surface area contributed by atoms with Crippen molar-refractivity contribution >= 4 is 71.7 Å². The number of hydrogen-bond acceptors (Lipinski definition) is 3. The number of benzene rings is 9. The summed E-state index contributed by atoms with van der Waals surface area (Å²) in [5, 5.41) is 6.60. The lowest BCUT2D eigenvalue weighted by Crippen LogP contribution is -2.13. The molecular weight excluding hydrogens is 671 g/mol. The molecule has 0 amide bonds. The van der Waals surface area contributed by atoms with Crippen molar-refractivity contribution in [3.05, 3.63) is 200 Å². The molecule has 0 aliphatic rings. The van der Waals surface area contributed by atoms with Crippen LogP contribution in [0, 0.1) is 0 Å². The van der Waals surface area contributed by atoms with Crippen LogP contribution in [-0.2, 0) is 0 Å². The number of para-hydroxylation sites is 2. The fraction of sp³-hybridized carbons (Fsp3) is 0. The van der Waals surface area contributed by atoms with Crippen molar-refractivity contribution in [2.45, 2.75) is 0 Å². The molecule has 11 aromatic rings. The average Bonchev–Trinajstić information content (AvgIpc) is 3.84. The molecule has 3 nitrogen and oxygen atoms in total. The third-order valence-corrected chi connectivity index (χ3v) is 10.9. The van der Waals surface area contributed by atoms with Gasteiger partial charge in [0, 0.05) is 32.7 Å². The van der Waals surface area contributed by atoms with Crippen molar-refractivity contribution in [3.8, 4) is 33.4 Å². The maximum Gasteiger partial charge on any atom is 0.143 e. The summed E-state index contributed by atoms with van der Waals surface area (Å²) in [4.78, 5) is 2.44. The second kappa shape index (κ2) is 12.6. The summed E-state index contributed by atoms with van der Waals surface area (Å²) in [5.74, 6) is 0. The van der Waals surface area contributed by atoms with E-state index < -0.39 is 0 Å². The highest BCUT2D eigenvalue weighted by Crippen LogP contribution is 2.50. The predicted molar refractivity (Wildman–Crippen MR) is 229 cm³/mol. The van der Waals surface area contributed by atoms with Gasteiger partial charge in [-0.3, -0.25) is 0 Å². The Kier molecular flexibility index (Phi) is 7.17. The minimum absolute atomic E-state index is 0.844. The Labute approximate surface area is 317 Å². The number of hydrogen-bond donors (Lipinski definition) is 0. The number of nitrogens with zero attached hydrogens (tertiary/aromatic N) is 1. The first-order valence-corrected chi connectivity index (χ1v) is 18.7. The monoisotopic (exact) mass is 703 g/mol. The smallest absolute Gasteiger partial charge is 0.143 e. The van der Waals surface area contributed by atoms with Crippen molar-refractivity contribution in [3.63, 3.8) is 0 Å². The zero-order chi connectivity index (χ0) is 36.3. The van der Waals surface area contributed by atoms with Crippen LogP contribution in [0.4, 0.5) is 17.1 Å². The van der Waals surface area contributed by atoms with Gasteiger partial charge in [-0.1, -0.05) is 152 Å². The highest BCUT2D eigenvalue weighted by Gasteiger charge is 2.26. The number of fused-ring (bicyclic) bond motifs is 8. The Morgan fingerprint density at radius 3 is 1.78 bits per heavy atom. The van der Waals surface area contributed by atoms with Crippen LogP contribution in [0.5, 0.6) is 0 Å². The maximum absolute atomic E-state index is 6.79. The molecular formula is C52H33NO2. The maximum atomic E-state index is 6.79. The Morgan fingerprint density at radius 2 is 0.927 bits per heavy atom. The third kappa shape index (κ3) is 5.05. The molecule has 0 spiro atoms. The summed E-state index contributed by atoms with van der Waals surface area (Å²) >= 11 is 0. The highest BCUT2D eigenvalue weighted by atomic mass is 16.3. The van der Waals surface area contributed by atoms with Gasteiger partial charge < -0.3 is 13.7 Å². The molecule has 0 unspecified atom stereocenters. The summed E-state index contributed by atoms with van der Waals surface area (Å²) in [7, 11) is 0. The lowest BCUT2D eigenvalue weighted by atomic mass is 9.94. The first-order valence-electron chi connectivity index (χ1n) is 18.7. The van der Waals surface area contributed by atoms with Crippen molar-refractivity contribution in [2.75, 3.05) is 4.90 Å². The first kappa shape index (κ1) is 31.2. The summed E-state index contributed by atoms with van der Waals surface area (Å²) in [6.07, 6.45) is 0. The standard InChI is InChI=1S/C52H33NO2/c1-3-15-34(16-4-1)37-30-32-45(43(33-37)35-17-5-2-6-18-35)53(46-25-14-28-49-51(46)42-31-29-36-19-7-8-20-38(36)52(42)55-49)44-24-11-9-21-39(44)40-23-13-27-48-50(40)41-22-10-12-26-47(41)54-48/h1-33H. The minimum atomic E-state index is 0.844. The largest absolute Gasteiger partial charge is 0.456 e. The summed E-state index contributed by atoms with van der Waals surface area (Å²) in [6, 6.07) is 71.0. The van der Waals surface area contributed by atoms with Crippen LogP contribution >= 0.6 is 0 Å². The molecule has 3 heteroatoms. The predicted octanol–water partition coefficient (Wildman–Crippen LogP) is 15.1. The number of rotatable bonds is 6. The van der Waals surface area contributed by atoms with Crippen molar-refractivity contribution in [1.82, 2.24) is 0 Å². The fourth-order valence-electron chi connectivity index (χ4n) is 8.40. The summed E-state index contributed by atoms with van der Waals surface area (Å²) in [6.45, 7) is 0. The Balaban J connectivity index is 1.25. The summed E-state index contributed by atoms with van der Waals surface area (Å²) < 4.78 is 13.2. The van der Waals surface area contributed by atoms with Crippen LogP contribution in [0.3, 0.4) is 0 Å². The second-order valence-electron chi connectivity index (χ2n) is 14.0. The molecule has 55 heavy (non-hydrogen) atoms. The molecule has 0 aliphatic heterocycles. The average molecular weight is 704 g/mol. The van der Waals surface area contributed by atoms with Crippen LogP contribution in [0.2, 0.25) is 0 Å². The Hall–Kier alpha value is -7.36. The Morgan fingerprint density at radius 1 is 0.309 bits per heavy atom. The van der Waals surface area contributed by atoms with E-state index in [1.807, 2.05) is 12.1 Å². The topological polar surface area (TPSA) is 29.5 Å². The van der Waals surface area contributed by atoms with Gasteiger partial charge >= 0.3 is 0 Å². The van der Waals surface area contributed by atoms with Gasteiger partial charge in [0.15, 0.2) is 0 Å². The first-order chi connectivity index (χ1) is 27.3. The lowest BCUT2D eigenvalue weighted by Gasteiger charge is -2.31. The molecule has 0 saturated carbocycles. The minimum Gasteiger partial charge on any atom is -0.456 e. The van der Waals surface area contributed by atoms with Crippen molar-refractivity contribution in [2.24, 2.45) is 0 Å². The molecule has 2 heterocycles. The van der Waals surface area contributed by atoms with Gasteiger partial charge in [0.05, 0.1) is 22.4 Å². The molecule has 0 atom stereocenters. The Bertz CT molecular complexity index is 3210. The van der Waals surface area contributed by atoms with Crippen LogP contribution in [0.25, 0.3) is 88.0 Å². The molecule has 0 bridgehead atoms. The van der Waals surface area contributed by atoms with Gasteiger partial charge in [0.25, 0.3) is 0 Å². The van der Waals surface area contributed by atoms with E-state index in [0.717, 1.165) is 99.5 Å². The van der Waals surface area contributed by atoms with Crippen molar-refractivity contribution < 1.29 is 8.83 Å². The normalized spacial score (nSPS) is 11.6. The van der Waals surface area contributed by atoms with E-state index in [-0.39, 0.29) is 0 Å². The molecule has 0 N–H and O–H groups in total. The van der Waals surface area contributed by atoms with Gasteiger partial charge in [-0.2, -0.15) is 0 Å².